The van der Waals surface area contributed by atoms with Gasteiger partial charge in [0.2, 0.25) is 5.92 Å². The second kappa shape index (κ2) is 5.96. The van der Waals surface area contributed by atoms with E-state index in [-0.39, 0.29) is 24.8 Å². The van der Waals surface area contributed by atoms with Crippen LogP contribution in [0.1, 0.15) is 37.7 Å². The summed E-state index contributed by atoms with van der Waals surface area (Å²) in [6.07, 6.45) is 6.62. The summed E-state index contributed by atoms with van der Waals surface area (Å²) in [5, 5.41) is 4.12. The number of hydrogen-bond acceptors (Lipinski definition) is 3. The SMILES string of the molecule is Cn1cc(CCC(NN)C2CCC(F)(F)CC2)cn1. The molecule has 2 rings (SSSR count). The molecule has 6 heteroatoms. The number of aryl methyl sites for hydroxylation is 2. The Morgan fingerprint density at radius 3 is 2.74 bits per heavy atom. The average Bonchev–Trinajstić information content (AvgIpc) is 2.77. The molecule has 4 nitrogen and oxygen atoms in total. The Morgan fingerprint density at radius 2 is 2.21 bits per heavy atom. The molecule has 0 bridgehead atoms. The number of hydrogen-bond donors (Lipinski definition) is 2. The molecular weight excluding hydrogens is 250 g/mol. The van der Waals surface area contributed by atoms with E-state index in [0.717, 1.165) is 18.4 Å². The van der Waals surface area contributed by atoms with Crippen molar-refractivity contribution in [3.8, 4) is 0 Å². The van der Waals surface area contributed by atoms with Crippen LogP contribution in [0.5, 0.6) is 0 Å². The van der Waals surface area contributed by atoms with Gasteiger partial charge < -0.3 is 0 Å². The van der Waals surface area contributed by atoms with Crippen molar-refractivity contribution < 1.29 is 8.78 Å². The van der Waals surface area contributed by atoms with E-state index in [0.29, 0.717) is 12.8 Å². The van der Waals surface area contributed by atoms with E-state index in [9.17, 15) is 8.78 Å². The molecule has 1 aromatic heterocycles. The largest absolute Gasteiger partial charge is 0.276 e. The molecule has 1 aliphatic rings. The van der Waals surface area contributed by atoms with E-state index in [1.165, 1.54) is 0 Å². The minimum atomic E-state index is -2.47. The third-order valence-corrected chi connectivity index (χ3v) is 4.05. The lowest BCUT2D eigenvalue weighted by Gasteiger charge is -2.33. The molecule has 0 amide bonds. The first kappa shape index (κ1) is 14.4. The van der Waals surface area contributed by atoms with Gasteiger partial charge >= 0.3 is 0 Å². The van der Waals surface area contributed by atoms with Crippen LogP contribution in [0.4, 0.5) is 8.78 Å². The molecule has 1 atom stereocenters. The van der Waals surface area contributed by atoms with Crippen molar-refractivity contribution in [2.45, 2.75) is 50.5 Å². The highest BCUT2D eigenvalue weighted by Crippen LogP contribution is 2.38. The molecule has 19 heavy (non-hydrogen) atoms. The van der Waals surface area contributed by atoms with Gasteiger partial charge in [0.25, 0.3) is 0 Å². The fourth-order valence-electron chi connectivity index (χ4n) is 2.84. The number of alkyl halides is 2. The van der Waals surface area contributed by atoms with Crippen LogP contribution < -0.4 is 11.3 Å². The highest BCUT2D eigenvalue weighted by molar-refractivity contribution is 5.04. The van der Waals surface area contributed by atoms with Gasteiger partial charge in [0, 0.05) is 32.1 Å². The van der Waals surface area contributed by atoms with E-state index in [1.54, 1.807) is 4.68 Å². The van der Waals surface area contributed by atoms with Crippen LogP contribution in [-0.4, -0.2) is 21.7 Å². The Morgan fingerprint density at radius 1 is 1.53 bits per heavy atom. The summed E-state index contributed by atoms with van der Waals surface area (Å²) in [4.78, 5) is 0. The van der Waals surface area contributed by atoms with Crippen molar-refractivity contribution in [1.29, 1.82) is 0 Å². The minimum absolute atomic E-state index is 0.0112. The number of nitrogens with zero attached hydrogens (tertiary/aromatic N) is 2. The zero-order chi connectivity index (χ0) is 13.9. The molecule has 108 valence electrons. The highest BCUT2D eigenvalue weighted by Gasteiger charge is 2.37. The average molecular weight is 272 g/mol. The maximum atomic E-state index is 13.1. The van der Waals surface area contributed by atoms with E-state index >= 15 is 0 Å². The number of aromatic nitrogens is 2. The van der Waals surface area contributed by atoms with E-state index in [1.807, 2.05) is 19.4 Å². The highest BCUT2D eigenvalue weighted by atomic mass is 19.3. The fraction of sp³-hybridized carbons (Fsp3) is 0.769. The van der Waals surface area contributed by atoms with Crippen molar-refractivity contribution in [2.24, 2.45) is 18.8 Å². The number of hydrazine groups is 1. The number of nitrogens with one attached hydrogen (secondary N) is 1. The summed E-state index contributed by atoms with van der Waals surface area (Å²) in [7, 11) is 1.88. The first-order chi connectivity index (χ1) is 9.00. The molecule has 0 radical (unpaired) electrons. The van der Waals surface area contributed by atoms with Crippen molar-refractivity contribution in [3.63, 3.8) is 0 Å². The van der Waals surface area contributed by atoms with Crippen LogP contribution in [0.3, 0.4) is 0 Å². The summed E-state index contributed by atoms with van der Waals surface area (Å²) in [5.41, 5.74) is 3.96. The molecule has 0 aromatic carbocycles. The normalized spacial score (nSPS) is 21.5. The predicted octanol–water partition coefficient (Wildman–Crippen LogP) is 2.01. The number of nitrogens with two attached hydrogens (primary N) is 1. The lowest BCUT2D eigenvalue weighted by molar-refractivity contribution is -0.0498. The second-order valence-corrected chi connectivity index (χ2v) is 5.53. The fourth-order valence-corrected chi connectivity index (χ4v) is 2.84. The first-order valence-electron chi connectivity index (χ1n) is 6.82. The quantitative estimate of drug-likeness (QED) is 0.637. The number of halogens is 2. The van der Waals surface area contributed by atoms with Gasteiger partial charge in [-0.05, 0) is 37.2 Å². The monoisotopic (exact) mass is 272 g/mol. The molecular formula is C13H22F2N4. The van der Waals surface area contributed by atoms with Gasteiger partial charge in [0.15, 0.2) is 0 Å². The standard InChI is InChI=1S/C13H22F2N4/c1-19-9-10(8-17-19)2-3-12(18-16)11-4-6-13(14,15)7-5-11/h8-9,11-12,18H,2-7,16H2,1H3. The van der Waals surface area contributed by atoms with Crippen LogP contribution in [0, 0.1) is 5.92 Å². The van der Waals surface area contributed by atoms with Crippen molar-refractivity contribution in [2.75, 3.05) is 0 Å². The maximum absolute atomic E-state index is 13.1. The van der Waals surface area contributed by atoms with Gasteiger partial charge in [-0.2, -0.15) is 5.10 Å². The molecule has 1 saturated carbocycles. The van der Waals surface area contributed by atoms with Crippen LogP contribution in [-0.2, 0) is 13.5 Å². The maximum Gasteiger partial charge on any atom is 0.248 e. The molecule has 1 aliphatic carbocycles. The molecule has 3 N–H and O–H groups in total. The van der Waals surface area contributed by atoms with E-state index in [4.69, 9.17) is 5.84 Å². The van der Waals surface area contributed by atoms with Crippen molar-refractivity contribution >= 4 is 0 Å². The van der Waals surface area contributed by atoms with Crippen molar-refractivity contribution in [1.82, 2.24) is 15.2 Å². The Kier molecular flexibility index (Phi) is 4.52. The third kappa shape index (κ3) is 3.98. The first-order valence-corrected chi connectivity index (χ1v) is 6.82. The Hall–Kier alpha value is -1.01. The molecule has 0 aliphatic heterocycles. The zero-order valence-electron chi connectivity index (χ0n) is 11.3. The van der Waals surface area contributed by atoms with Gasteiger partial charge in [0.1, 0.15) is 0 Å². The van der Waals surface area contributed by atoms with Crippen LogP contribution in [0.2, 0.25) is 0 Å². The van der Waals surface area contributed by atoms with Gasteiger partial charge in [-0.15, -0.1) is 0 Å². The molecule has 1 heterocycles. The smallest absolute Gasteiger partial charge is 0.248 e. The molecule has 1 unspecified atom stereocenters. The third-order valence-electron chi connectivity index (χ3n) is 4.05. The second-order valence-electron chi connectivity index (χ2n) is 5.53. The molecule has 1 fully saturated rings. The van der Waals surface area contributed by atoms with Gasteiger partial charge in [-0.3, -0.25) is 16.0 Å². The van der Waals surface area contributed by atoms with E-state index in [2.05, 4.69) is 10.5 Å². The summed E-state index contributed by atoms with van der Waals surface area (Å²) >= 11 is 0. The van der Waals surface area contributed by atoms with Crippen LogP contribution in [0.15, 0.2) is 12.4 Å². The lowest BCUT2D eigenvalue weighted by atomic mass is 9.80. The van der Waals surface area contributed by atoms with Crippen LogP contribution in [0.25, 0.3) is 0 Å². The molecule has 0 spiro atoms. The Bertz CT molecular complexity index is 395. The minimum Gasteiger partial charge on any atom is -0.276 e. The Balaban J connectivity index is 1.83. The summed E-state index contributed by atoms with van der Waals surface area (Å²) in [6.45, 7) is 0. The number of rotatable bonds is 5. The summed E-state index contributed by atoms with van der Waals surface area (Å²) in [6, 6.07) is 0.108. The van der Waals surface area contributed by atoms with Crippen molar-refractivity contribution in [3.05, 3.63) is 18.0 Å². The van der Waals surface area contributed by atoms with Gasteiger partial charge in [-0.25, -0.2) is 8.78 Å². The Labute approximate surface area is 112 Å². The zero-order valence-corrected chi connectivity index (χ0v) is 11.3. The van der Waals surface area contributed by atoms with Gasteiger partial charge in [-0.1, -0.05) is 0 Å². The van der Waals surface area contributed by atoms with E-state index < -0.39 is 5.92 Å². The van der Waals surface area contributed by atoms with Gasteiger partial charge in [0.05, 0.1) is 6.20 Å². The summed E-state index contributed by atoms with van der Waals surface area (Å²) < 4.78 is 28.0. The predicted molar refractivity (Wildman–Crippen MR) is 69.5 cm³/mol. The molecule has 0 saturated heterocycles. The molecule has 1 aromatic rings. The topological polar surface area (TPSA) is 55.9 Å². The van der Waals surface area contributed by atoms with Crippen LogP contribution >= 0.6 is 0 Å². The summed E-state index contributed by atoms with van der Waals surface area (Å²) in [5.74, 6) is 3.36. The lowest BCUT2D eigenvalue weighted by Crippen LogP contribution is -2.43.